The molecule has 1 aromatic heterocycles. The summed E-state index contributed by atoms with van der Waals surface area (Å²) in [5.74, 6) is 0.230. The number of hydrogen-bond acceptors (Lipinski definition) is 6. The number of nitrogens with one attached hydrogen (secondary N) is 1. The van der Waals surface area contributed by atoms with Crippen molar-refractivity contribution >= 4 is 39.2 Å². The maximum atomic E-state index is 12.9. The topological polar surface area (TPSA) is 80.8 Å². The fourth-order valence-corrected chi connectivity index (χ4v) is 4.28. The molecule has 3 aromatic rings. The first kappa shape index (κ1) is 18.2. The van der Waals surface area contributed by atoms with E-state index in [1.807, 2.05) is 36.4 Å². The molecule has 1 N–H and O–H groups in total. The Bertz CT molecular complexity index is 1060. The lowest BCUT2D eigenvalue weighted by Crippen LogP contribution is -2.35. The molecular weight excluding hydrogens is 378 g/mol. The van der Waals surface area contributed by atoms with Crippen LogP contribution in [-0.2, 0) is 17.7 Å². The third-order valence-electron chi connectivity index (χ3n) is 4.70. The Morgan fingerprint density at radius 1 is 1.18 bits per heavy atom. The van der Waals surface area contributed by atoms with Gasteiger partial charge in [0.05, 0.1) is 32.0 Å². The third kappa shape index (κ3) is 3.38. The van der Waals surface area contributed by atoms with E-state index in [2.05, 4.69) is 10.3 Å². The first-order valence-corrected chi connectivity index (χ1v) is 9.60. The van der Waals surface area contributed by atoms with Gasteiger partial charge in [0.1, 0.15) is 5.75 Å². The average Bonchev–Trinajstić information content (AvgIpc) is 3.13. The molecule has 0 saturated heterocycles. The molecule has 4 rings (SSSR count). The molecule has 0 spiro atoms. The molecule has 2 amide bonds. The number of carbonyl (C=O) groups is 2. The predicted octanol–water partition coefficient (Wildman–Crippen LogP) is 3.68. The second kappa shape index (κ2) is 7.47. The highest BCUT2D eigenvalue weighted by atomic mass is 32.1. The van der Waals surface area contributed by atoms with Gasteiger partial charge < -0.3 is 14.4 Å². The van der Waals surface area contributed by atoms with Gasteiger partial charge in [0.2, 0.25) is 0 Å². The van der Waals surface area contributed by atoms with Gasteiger partial charge in [-0.25, -0.2) is 9.78 Å². The van der Waals surface area contributed by atoms with Crippen molar-refractivity contribution in [2.24, 2.45) is 0 Å². The first-order chi connectivity index (χ1) is 13.6. The van der Waals surface area contributed by atoms with E-state index in [1.165, 1.54) is 18.4 Å². The molecule has 144 valence electrons. The molecule has 7 nitrogen and oxygen atoms in total. The second-order valence-corrected chi connectivity index (χ2v) is 7.47. The van der Waals surface area contributed by atoms with E-state index in [0.717, 1.165) is 21.3 Å². The van der Waals surface area contributed by atoms with Crippen LogP contribution in [0.25, 0.3) is 10.8 Å². The van der Waals surface area contributed by atoms with Gasteiger partial charge >= 0.3 is 6.09 Å². The molecule has 0 unspecified atom stereocenters. The van der Waals surface area contributed by atoms with Crippen LogP contribution in [0.3, 0.4) is 0 Å². The fraction of sp³-hybridized carbons (Fsp3) is 0.250. The maximum absolute atomic E-state index is 12.9. The Hall–Kier alpha value is -3.13. The lowest BCUT2D eigenvalue weighted by molar-refractivity contribution is 0.102. The number of amides is 2. The number of benzene rings is 2. The SMILES string of the molecule is COC(=O)N1CCc2nc(NC(=O)c3cc4ccccc4cc3OC)sc2C1. The lowest BCUT2D eigenvalue weighted by Gasteiger charge is -2.24. The highest BCUT2D eigenvalue weighted by molar-refractivity contribution is 7.15. The maximum Gasteiger partial charge on any atom is 0.409 e. The average molecular weight is 397 g/mol. The fourth-order valence-electron chi connectivity index (χ4n) is 3.26. The molecule has 8 heteroatoms. The smallest absolute Gasteiger partial charge is 0.409 e. The molecule has 1 aliphatic rings. The summed E-state index contributed by atoms with van der Waals surface area (Å²) in [6.45, 7) is 0.990. The van der Waals surface area contributed by atoms with Crippen LogP contribution < -0.4 is 10.1 Å². The van der Waals surface area contributed by atoms with Crippen molar-refractivity contribution in [2.75, 3.05) is 26.1 Å². The number of fused-ring (bicyclic) bond motifs is 2. The molecule has 0 radical (unpaired) electrons. The molecule has 2 aromatic carbocycles. The Labute approximate surface area is 165 Å². The van der Waals surface area contributed by atoms with Crippen LogP contribution in [0, 0.1) is 0 Å². The van der Waals surface area contributed by atoms with Crippen molar-refractivity contribution < 1.29 is 19.1 Å². The number of thiazole rings is 1. The first-order valence-electron chi connectivity index (χ1n) is 8.78. The van der Waals surface area contributed by atoms with E-state index >= 15 is 0 Å². The standard InChI is InChI=1S/C20H19N3O4S/c1-26-16-10-13-6-4-3-5-12(13)9-14(16)18(24)22-19-21-15-7-8-23(20(25)27-2)11-17(15)28-19/h3-6,9-10H,7-8,11H2,1-2H3,(H,21,22,24). The quantitative estimate of drug-likeness (QED) is 0.729. The van der Waals surface area contributed by atoms with Crippen LogP contribution in [0.5, 0.6) is 5.75 Å². The van der Waals surface area contributed by atoms with Gasteiger partial charge in [0.15, 0.2) is 5.13 Å². The molecule has 0 saturated carbocycles. The minimum Gasteiger partial charge on any atom is -0.496 e. The third-order valence-corrected chi connectivity index (χ3v) is 5.69. The molecule has 28 heavy (non-hydrogen) atoms. The summed E-state index contributed by atoms with van der Waals surface area (Å²) in [5.41, 5.74) is 1.36. The van der Waals surface area contributed by atoms with Gasteiger partial charge in [-0.1, -0.05) is 35.6 Å². The van der Waals surface area contributed by atoms with Crippen molar-refractivity contribution in [1.82, 2.24) is 9.88 Å². The lowest BCUT2D eigenvalue weighted by atomic mass is 10.1. The monoisotopic (exact) mass is 397 g/mol. The van der Waals surface area contributed by atoms with E-state index in [1.54, 1.807) is 12.0 Å². The summed E-state index contributed by atoms with van der Waals surface area (Å²) in [7, 11) is 2.91. The number of rotatable bonds is 3. The number of ether oxygens (including phenoxy) is 2. The zero-order chi connectivity index (χ0) is 19.7. The minimum atomic E-state index is -0.356. The van der Waals surface area contributed by atoms with Crippen LogP contribution >= 0.6 is 11.3 Å². The van der Waals surface area contributed by atoms with Crippen molar-refractivity contribution in [2.45, 2.75) is 13.0 Å². The van der Waals surface area contributed by atoms with E-state index in [4.69, 9.17) is 9.47 Å². The van der Waals surface area contributed by atoms with Crippen molar-refractivity contribution in [3.05, 3.63) is 52.5 Å². The van der Waals surface area contributed by atoms with Crippen LogP contribution in [0.15, 0.2) is 36.4 Å². The zero-order valence-electron chi connectivity index (χ0n) is 15.5. The van der Waals surface area contributed by atoms with E-state index < -0.39 is 0 Å². The molecule has 0 fully saturated rings. The largest absolute Gasteiger partial charge is 0.496 e. The highest BCUT2D eigenvalue weighted by Gasteiger charge is 2.25. The Morgan fingerprint density at radius 2 is 1.93 bits per heavy atom. The number of aromatic nitrogens is 1. The number of methoxy groups -OCH3 is 2. The summed E-state index contributed by atoms with van der Waals surface area (Å²) >= 11 is 1.37. The Morgan fingerprint density at radius 3 is 2.64 bits per heavy atom. The highest BCUT2D eigenvalue weighted by Crippen LogP contribution is 2.31. The van der Waals surface area contributed by atoms with E-state index in [9.17, 15) is 9.59 Å². The van der Waals surface area contributed by atoms with E-state index in [-0.39, 0.29) is 12.0 Å². The molecule has 0 atom stereocenters. The van der Waals surface area contributed by atoms with Crippen molar-refractivity contribution in [1.29, 1.82) is 0 Å². The van der Waals surface area contributed by atoms with Gasteiger partial charge in [0.25, 0.3) is 5.91 Å². The number of hydrogen-bond donors (Lipinski definition) is 1. The summed E-state index contributed by atoms with van der Waals surface area (Å²) in [5, 5.41) is 5.34. The molecule has 2 heterocycles. The van der Waals surface area contributed by atoms with Crippen molar-refractivity contribution in [3.8, 4) is 5.75 Å². The number of anilines is 1. The number of nitrogens with zero attached hydrogens (tertiary/aromatic N) is 2. The molecule has 0 aliphatic carbocycles. The van der Waals surface area contributed by atoms with Crippen LogP contribution in [-0.4, -0.2) is 42.6 Å². The van der Waals surface area contributed by atoms with Crippen molar-refractivity contribution in [3.63, 3.8) is 0 Å². The molecule has 1 aliphatic heterocycles. The number of carbonyl (C=O) groups excluding carboxylic acids is 2. The zero-order valence-corrected chi connectivity index (χ0v) is 16.3. The van der Waals surface area contributed by atoms with Gasteiger partial charge in [-0.3, -0.25) is 10.1 Å². The minimum absolute atomic E-state index is 0.279. The van der Waals surface area contributed by atoms with Crippen LogP contribution in [0.2, 0.25) is 0 Å². The van der Waals surface area contributed by atoms with Gasteiger partial charge in [-0.2, -0.15) is 0 Å². The Balaban J connectivity index is 1.57. The second-order valence-electron chi connectivity index (χ2n) is 6.38. The van der Waals surface area contributed by atoms with Crippen LogP contribution in [0.4, 0.5) is 9.93 Å². The summed E-state index contributed by atoms with van der Waals surface area (Å²) in [6.07, 6.45) is 0.279. The van der Waals surface area contributed by atoms with E-state index in [0.29, 0.717) is 36.0 Å². The molecular formula is C20H19N3O4S. The van der Waals surface area contributed by atoms with Gasteiger partial charge in [-0.15, -0.1) is 0 Å². The Kier molecular flexibility index (Phi) is 4.87. The normalized spacial score (nSPS) is 13.1. The van der Waals surface area contributed by atoms with Gasteiger partial charge in [0, 0.05) is 17.8 Å². The summed E-state index contributed by atoms with van der Waals surface area (Å²) in [6, 6.07) is 11.5. The van der Waals surface area contributed by atoms with Crippen LogP contribution in [0.1, 0.15) is 20.9 Å². The summed E-state index contributed by atoms with van der Waals surface area (Å²) < 4.78 is 10.2. The predicted molar refractivity (Wildman–Crippen MR) is 107 cm³/mol. The van der Waals surface area contributed by atoms with Gasteiger partial charge in [-0.05, 0) is 22.9 Å². The molecule has 0 bridgehead atoms. The summed E-state index contributed by atoms with van der Waals surface area (Å²) in [4.78, 5) is 31.7.